The Morgan fingerprint density at radius 1 is 0.968 bits per heavy atom. The van der Waals surface area contributed by atoms with Gasteiger partial charge in [0.2, 0.25) is 0 Å². The number of nitrogens with one attached hydrogen (secondary N) is 1. The highest BCUT2D eigenvalue weighted by Gasteiger charge is 2.20. The largest absolute Gasteiger partial charge is 0.493 e. The molecule has 1 aliphatic heterocycles. The SMILES string of the molecule is N=Cc1cc2c(OCCCN3CCC(c4ccc5ccccc5c4)CC3)cccc2s1. The Bertz CT molecular complexity index is 1190. The number of ether oxygens (including phenoxy) is 1. The summed E-state index contributed by atoms with van der Waals surface area (Å²) in [6.45, 7) is 4.16. The minimum atomic E-state index is 0.677. The highest BCUT2D eigenvalue weighted by Crippen LogP contribution is 2.33. The van der Waals surface area contributed by atoms with Gasteiger partial charge in [0.25, 0.3) is 0 Å². The minimum absolute atomic E-state index is 0.677. The van der Waals surface area contributed by atoms with Gasteiger partial charge in [0.15, 0.2) is 0 Å². The Hall–Kier alpha value is -2.69. The van der Waals surface area contributed by atoms with Crippen LogP contribution in [-0.2, 0) is 0 Å². The Balaban J connectivity index is 1.10. The van der Waals surface area contributed by atoms with E-state index in [1.165, 1.54) is 53.2 Å². The number of benzene rings is 3. The van der Waals surface area contributed by atoms with E-state index in [0.29, 0.717) is 5.92 Å². The number of rotatable bonds is 7. The van der Waals surface area contributed by atoms with Crippen LogP contribution in [0.3, 0.4) is 0 Å². The molecule has 0 spiro atoms. The van der Waals surface area contributed by atoms with Crippen LogP contribution in [0.5, 0.6) is 5.75 Å². The summed E-state index contributed by atoms with van der Waals surface area (Å²) in [5, 5.41) is 11.3. The second-order valence-electron chi connectivity index (χ2n) is 8.39. The number of hydrogen-bond donors (Lipinski definition) is 1. The molecule has 0 saturated carbocycles. The van der Waals surface area contributed by atoms with E-state index >= 15 is 0 Å². The fourth-order valence-corrected chi connectivity index (χ4v) is 5.58. The van der Waals surface area contributed by atoms with Gasteiger partial charge < -0.3 is 15.0 Å². The summed E-state index contributed by atoms with van der Waals surface area (Å²) in [5.41, 5.74) is 1.50. The number of hydrogen-bond acceptors (Lipinski definition) is 4. The topological polar surface area (TPSA) is 36.3 Å². The molecule has 31 heavy (non-hydrogen) atoms. The Kier molecular flexibility index (Phi) is 6.01. The Morgan fingerprint density at radius 3 is 2.65 bits per heavy atom. The Labute approximate surface area is 187 Å². The van der Waals surface area contributed by atoms with E-state index < -0.39 is 0 Å². The zero-order valence-corrected chi connectivity index (χ0v) is 18.5. The maximum Gasteiger partial charge on any atom is 0.127 e. The molecule has 3 aromatic carbocycles. The zero-order chi connectivity index (χ0) is 21.0. The molecule has 1 saturated heterocycles. The Morgan fingerprint density at radius 2 is 1.81 bits per heavy atom. The van der Waals surface area contributed by atoms with Crippen molar-refractivity contribution in [2.45, 2.75) is 25.2 Å². The molecule has 1 N–H and O–H groups in total. The number of piperidine rings is 1. The molecule has 1 aromatic heterocycles. The third-order valence-corrected chi connectivity index (χ3v) is 7.44. The van der Waals surface area contributed by atoms with Crippen LogP contribution in [0.4, 0.5) is 0 Å². The standard InChI is InChI=1S/C27H28N2OS/c28-19-24-18-25-26(7-3-8-27(25)31-24)30-16-4-13-29-14-11-21(12-15-29)23-10-9-20-5-1-2-6-22(20)17-23/h1-3,5-10,17-19,21,28H,4,11-16H2. The van der Waals surface area contributed by atoms with Gasteiger partial charge in [0.1, 0.15) is 5.75 Å². The first-order valence-corrected chi connectivity index (χ1v) is 12.0. The maximum absolute atomic E-state index is 7.47. The number of fused-ring (bicyclic) bond motifs is 2. The average Bonchev–Trinajstić information content (AvgIpc) is 3.26. The molecule has 2 heterocycles. The van der Waals surface area contributed by atoms with Crippen LogP contribution in [0, 0.1) is 5.41 Å². The van der Waals surface area contributed by atoms with E-state index in [1.54, 1.807) is 11.3 Å². The van der Waals surface area contributed by atoms with E-state index in [-0.39, 0.29) is 0 Å². The molecule has 158 valence electrons. The second-order valence-corrected chi connectivity index (χ2v) is 9.50. The van der Waals surface area contributed by atoms with Crippen LogP contribution in [0.15, 0.2) is 66.7 Å². The predicted octanol–water partition coefficient (Wildman–Crippen LogP) is 6.70. The van der Waals surface area contributed by atoms with Crippen molar-refractivity contribution in [2.24, 2.45) is 0 Å². The summed E-state index contributed by atoms with van der Waals surface area (Å²) in [4.78, 5) is 3.56. The summed E-state index contributed by atoms with van der Waals surface area (Å²) in [5.74, 6) is 1.62. The number of likely N-dealkylation sites (tertiary alicyclic amines) is 1. The van der Waals surface area contributed by atoms with Crippen molar-refractivity contribution in [3.8, 4) is 5.75 Å². The molecular weight excluding hydrogens is 400 g/mol. The average molecular weight is 429 g/mol. The van der Waals surface area contributed by atoms with Gasteiger partial charge in [-0.3, -0.25) is 0 Å². The van der Waals surface area contributed by atoms with Crippen molar-refractivity contribution in [1.82, 2.24) is 4.90 Å². The predicted molar refractivity (Wildman–Crippen MR) is 132 cm³/mol. The molecule has 5 rings (SSSR count). The van der Waals surface area contributed by atoms with Gasteiger partial charge in [-0.1, -0.05) is 48.5 Å². The fraction of sp³-hybridized carbons (Fsp3) is 0.296. The third kappa shape index (κ3) is 4.51. The van der Waals surface area contributed by atoms with Gasteiger partial charge in [-0.15, -0.1) is 11.3 Å². The van der Waals surface area contributed by atoms with Gasteiger partial charge in [-0.25, -0.2) is 0 Å². The lowest BCUT2D eigenvalue weighted by Crippen LogP contribution is -2.34. The van der Waals surface area contributed by atoms with Crippen LogP contribution >= 0.6 is 11.3 Å². The molecule has 3 nitrogen and oxygen atoms in total. The van der Waals surface area contributed by atoms with Gasteiger partial charge in [0, 0.05) is 27.7 Å². The van der Waals surface area contributed by atoms with E-state index in [0.717, 1.165) is 35.6 Å². The van der Waals surface area contributed by atoms with Crippen LogP contribution in [0.1, 0.15) is 35.6 Å². The van der Waals surface area contributed by atoms with E-state index in [9.17, 15) is 0 Å². The summed E-state index contributed by atoms with van der Waals surface area (Å²) >= 11 is 1.64. The first-order valence-electron chi connectivity index (χ1n) is 11.2. The lowest BCUT2D eigenvalue weighted by Gasteiger charge is -2.32. The summed E-state index contributed by atoms with van der Waals surface area (Å²) in [6, 6.07) is 23.9. The monoisotopic (exact) mass is 428 g/mol. The smallest absolute Gasteiger partial charge is 0.127 e. The van der Waals surface area contributed by atoms with Crippen molar-refractivity contribution in [3.05, 3.63) is 77.2 Å². The number of thiophene rings is 1. The minimum Gasteiger partial charge on any atom is -0.493 e. The molecule has 0 unspecified atom stereocenters. The van der Waals surface area contributed by atoms with Crippen LogP contribution < -0.4 is 4.74 Å². The zero-order valence-electron chi connectivity index (χ0n) is 17.7. The summed E-state index contributed by atoms with van der Waals surface area (Å²) in [7, 11) is 0. The quantitative estimate of drug-likeness (QED) is 0.263. The van der Waals surface area contributed by atoms with Crippen molar-refractivity contribution in [1.29, 1.82) is 5.41 Å². The highest BCUT2D eigenvalue weighted by atomic mass is 32.1. The van der Waals surface area contributed by atoms with Gasteiger partial charge in [-0.2, -0.15) is 0 Å². The number of nitrogens with zero attached hydrogens (tertiary/aromatic N) is 1. The maximum atomic E-state index is 7.47. The highest BCUT2D eigenvalue weighted by molar-refractivity contribution is 7.20. The van der Waals surface area contributed by atoms with Crippen LogP contribution in [0.25, 0.3) is 20.9 Å². The summed E-state index contributed by atoms with van der Waals surface area (Å²) in [6.07, 6.45) is 4.92. The van der Waals surface area contributed by atoms with Crippen molar-refractivity contribution in [2.75, 3.05) is 26.2 Å². The molecule has 4 aromatic rings. The molecule has 0 aliphatic carbocycles. The van der Waals surface area contributed by atoms with E-state index in [2.05, 4.69) is 59.5 Å². The van der Waals surface area contributed by atoms with Crippen molar-refractivity contribution < 1.29 is 4.74 Å². The fourth-order valence-electron chi connectivity index (χ4n) is 4.67. The lowest BCUT2D eigenvalue weighted by molar-refractivity contribution is 0.193. The lowest BCUT2D eigenvalue weighted by atomic mass is 9.88. The molecule has 0 radical (unpaired) electrons. The molecular formula is C27H28N2OS. The van der Waals surface area contributed by atoms with E-state index in [4.69, 9.17) is 10.1 Å². The van der Waals surface area contributed by atoms with Crippen molar-refractivity contribution in [3.63, 3.8) is 0 Å². The molecule has 0 amide bonds. The molecule has 0 atom stereocenters. The van der Waals surface area contributed by atoms with Gasteiger partial charge >= 0.3 is 0 Å². The van der Waals surface area contributed by atoms with Crippen LogP contribution in [-0.4, -0.2) is 37.4 Å². The van der Waals surface area contributed by atoms with E-state index in [1.807, 2.05) is 12.1 Å². The third-order valence-electron chi connectivity index (χ3n) is 6.39. The molecule has 1 fully saturated rings. The van der Waals surface area contributed by atoms with Crippen molar-refractivity contribution >= 4 is 38.4 Å². The summed E-state index contributed by atoms with van der Waals surface area (Å²) < 4.78 is 7.29. The molecule has 1 aliphatic rings. The second kappa shape index (κ2) is 9.21. The van der Waals surface area contributed by atoms with Crippen LogP contribution in [0.2, 0.25) is 0 Å². The first-order chi connectivity index (χ1) is 15.3. The van der Waals surface area contributed by atoms with Gasteiger partial charge in [-0.05, 0) is 72.8 Å². The molecule has 4 heteroatoms. The van der Waals surface area contributed by atoms with Gasteiger partial charge in [0.05, 0.1) is 6.61 Å². The first kappa shape index (κ1) is 20.2. The molecule has 0 bridgehead atoms. The normalized spacial score (nSPS) is 15.5.